The van der Waals surface area contributed by atoms with Crippen LogP contribution in [-0.4, -0.2) is 40.1 Å². The van der Waals surface area contributed by atoms with Crippen molar-refractivity contribution < 1.29 is 19.4 Å². The molecule has 4 atom stereocenters. The van der Waals surface area contributed by atoms with E-state index in [0.717, 1.165) is 11.1 Å². The molecule has 2 fully saturated rings. The Labute approximate surface area is 156 Å². The summed E-state index contributed by atoms with van der Waals surface area (Å²) in [6.45, 7) is 0.363. The van der Waals surface area contributed by atoms with Crippen LogP contribution in [0, 0.1) is 11.8 Å². The second-order valence-electron chi connectivity index (χ2n) is 7.43. The van der Waals surface area contributed by atoms with Gasteiger partial charge in [-0.2, -0.15) is 0 Å². The molecule has 2 bridgehead atoms. The molecule has 2 saturated heterocycles. The Morgan fingerprint density at radius 3 is 2.22 bits per heavy atom. The van der Waals surface area contributed by atoms with E-state index in [1.165, 1.54) is 0 Å². The van der Waals surface area contributed by atoms with Crippen LogP contribution in [0.1, 0.15) is 17.2 Å². The van der Waals surface area contributed by atoms with Crippen molar-refractivity contribution in [1.29, 1.82) is 0 Å². The highest BCUT2D eigenvalue weighted by molar-refractivity contribution is 5.91. The van der Waals surface area contributed by atoms with E-state index < -0.39 is 29.5 Å². The van der Waals surface area contributed by atoms with Crippen molar-refractivity contribution in [3.63, 3.8) is 0 Å². The number of aliphatic carboxylic acids is 1. The molecular formula is C22H19NO4. The van der Waals surface area contributed by atoms with Crippen molar-refractivity contribution in [2.45, 2.75) is 17.7 Å². The summed E-state index contributed by atoms with van der Waals surface area (Å²) < 4.78 is 6.03. The lowest BCUT2D eigenvalue weighted by molar-refractivity contribution is -0.148. The minimum absolute atomic E-state index is 0.146. The lowest BCUT2D eigenvalue weighted by atomic mass is 9.77. The molecule has 3 aliphatic heterocycles. The van der Waals surface area contributed by atoms with Crippen LogP contribution in [0.4, 0.5) is 0 Å². The average Bonchev–Trinajstić information content (AvgIpc) is 3.32. The highest BCUT2D eigenvalue weighted by atomic mass is 16.5. The van der Waals surface area contributed by atoms with Gasteiger partial charge in [-0.3, -0.25) is 9.59 Å². The van der Waals surface area contributed by atoms with Gasteiger partial charge in [-0.25, -0.2) is 0 Å². The number of rotatable bonds is 4. The summed E-state index contributed by atoms with van der Waals surface area (Å²) in [5.41, 5.74) is 1.17. The zero-order valence-corrected chi connectivity index (χ0v) is 14.6. The molecule has 5 heteroatoms. The molecule has 5 nitrogen and oxygen atoms in total. The van der Waals surface area contributed by atoms with E-state index in [4.69, 9.17) is 4.74 Å². The molecule has 0 saturated carbocycles. The third-order valence-corrected chi connectivity index (χ3v) is 5.96. The largest absolute Gasteiger partial charge is 0.481 e. The van der Waals surface area contributed by atoms with Gasteiger partial charge in [0.05, 0.1) is 24.6 Å². The molecule has 1 N–H and O–H groups in total. The van der Waals surface area contributed by atoms with Gasteiger partial charge in [-0.05, 0) is 11.1 Å². The average molecular weight is 361 g/mol. The van der Waals surface area contributed by atoms with E-state index in [-0.39, 0.29) is 11.9 Å². The van der Waals surface area contributed by atoms with Gasteiger partial charge < -0.3 is 14.7 Å². The molecule has 27 heavy (non-hydrogen) atoms. The van der Waals surface area contributed by atoms with Crippen LogP contribution in [0.3, 0.4) is 0 Å². The van der Waals surface area contributed by atoms with Crippen molar-refractivity contribution in [3.05, 3.63) is 83.9 Å². The third-order valence-electron chi connectivity index (χ3n) is 5.96. The van der Waals surface area contributed by atoms with Crippen LogP contribution in [-0.2, 0) is 14.3 Å². The number of carbonyl (C=O) groups is 2. The number of benzene rings is 2. The number of hydrogen-bond donors (Lipinski definition) is 1. The van der Waals surface area contributed by atoms with Crippen molar-refractivity contribution in [2.75, 3.05) is 6.54 Å². The Hall–Kier alpha value is -2.92. The monoisotopic (exact) mass is 361 g/mol. The molecule has 0 radical (unpaired) electrons. The van der Waals surface area contributed by atoms with Gasteiger partial charge in [0.2, 0.25) is 5.91 Å². The zero-order chi connectivity index (χ0) is 18.6. The molecule has 0 aromatic heterocycles. The normalized spacial score (nSPS) is 30.9. The first-order valence-electron chi connectivity index (χ1n) is 9.11. The lowest BCUT2D eigenvalue weighted by Crippen LogP contribution is -2.39. The molecule has 3 heterocycles. The summed E-state index contributed by atoms with van der Waals surface area (Å²) in [6, 6.07) is 19.4. The fraction of sp³-hybridized carbons (Fsp3) is 0.273. The molecule has 1 spiro atoms. The summed E-state index contributed by atoms with van der Waals surface area (Å²) in [7, 11) is 0. The second kappa shape index (κ2) is 5.79. The van der Waals surface area contributed by atoms with Gasteiger partial charge in [0.1, 0.15) is 11.5 Å². The summed E-state index contributed by atoms with van der Waals surface area (Å²) in [5, 5.41) is 9.67. The van der Waals surface area contributed by atoms with Gasteiger partial charge in [-0.1, -0.05) is 72.8 Å². The van der Waals surface area contributed by atoms with E-state index in [1.54, 1.807) is 11.0 Å². The van der Waals surface area contributed by atoms with Crippen molar-refractivity contribution in [3.8, 4) is 0 Å². The molecule has 0 aliphatic carbocycles. The maximum Gasteiger partial charge on any atom is 0.310 e. The summed E-state index contributed by atoms with van der Waals surface area (Å²) >= 11 is 0. The summed E-state index contributed by atoms with van der Waals surface area (Å²) in [5.74, 6) is -2.60. The highest BCUT2D eigenvalue weighted by Crippen LogP contribution is 2.53. The third kappa shape index (κ3) is 2.28. The van der Waals surface area contributed by atoms with Crippen LogP contribution < -0.4 is 0 Å². The fourth-order valence-corrected chi connectivity index (χ4v) is 4.85. The van der Waals surface area contributed by atoms with Gasteiger partial charge in [0.25, 0.3) is 0 Å². The number of carboxylic acid groups (broad SMARTS) is 1. The molecule has 136 valence electrons. The van der Waals surface area contributed by atoms with Gasteiger partial charge in [0.15, 0.2) is 0 Å². The molecule has 1 amide bonds. The number of carbonyl (C=O) groups excluding carboxylic acids is 1. The van der Waals surface area contributed by atoms with Crippen LogP contribution in [0.5, 0.6) is 0 Å². The van der Waals surface area contributed by atoms with Crippen LogP contribution in [0.15, 0.2) is 72.8 Å². The molecule has 3 aliphatic rings. The Morgan fingerprint density at radius 1 is 1.07 bits per heavy atom. The number of hydrogen-bond acceptors (Lipinski definition) is 3. The number of nitrogens with zero attached hydrogens (tertiary/aromatic N) is 1. The first kappa shape index (κ1) is 16.3. The van der Waals surface area contributed by atoms with Gasteiger partial charge in [0, 0.05) is 0 Å². The van der Waals surface area contributed by atoms with Crippen LogP contribution in [0.2, 0.25) is 0 Å². The molecule has 5 rings (SSSR count). The van der Waals surface area contributed by atoms with E-state index in [2.05, 4.69) is 0 Å². The molecule has 2 aromatic rings. The summed E-state index contributed by atoms with van der Waals surface area (Å²) in [6.07, 6.45) is 3.18. The molecule has 2 aromatic carbocycles. The van der Waals surface area contributed by atoms with E-state index in [0.29, 0.717) is 6.54 Å². The Morgan fingerprint density at radius 2 is 1.67 bits per heavy atom. The van der Waals surface area contributed by atoms with Crippen LogP contribution >= 0.6 is 0 Å². The number of likely N-dealkylation sites (tertiary alicyclic amines) is 1. The number of amides is 1. The first-order chi connectivity index (χ1) is 13.1. The predicted octanol–water partition coefficient (Wildman–Crippen LogP) is 2.64. The van der Waals surface area contributed by atoms with E-state index >= 15 is 0 Å². The molecule has 0 unspecified atom stereocenters. The number of ether oxygens (including phenoxy) is 1. The predicted molar refractivity (Wildman–Crippen MR) is 97.8 cm³/mol. The van der Waals surface area contributed by atoms with Crippen molar-refractivity contribution >= 4 is 11.9 Å². The minimum Gasteiger partial charge on any atom is -0.481 e. The van der Waals surface area contributed by atoms with Crippen molar-refractivity contribution in [2.24, 2.45) is 11.8 Å². The first-order valence-corrected chi connectivity index (χ1v) is 9.11. The number of carboxylic acids is 1. The van der Waals surface area contributed by atoms with Crippen molar-refractivity contribution in [1.82, 2.24) is 4.90 Å². The van der Waals surface area contributed by atoms with Crippen LogP contribution in [0.25, 0.3) is 0 Å². The Kier molecular flexibility index (Phi) is 3.49. The van der Waals surface area contributed by atoms with Gasteiger partial charge >= 0.3 is 5.97 Å². The Balaban J connectivity index is 1.59. The second-order valence-corrected chi connectivity index (χ2v) is 7.43. The molecular weight excluding hydrogens is 342 g/mol. The fourth-order valence-electron chi connectivity index (χ4n) is 4.85. The smallest absolute Gasteiger partial charge is 0.310 e. The zero-order valence-electron chi connectivity index (χ0n) is 14.6. The lowest BCUT2D eigenvalue weighted by Gasteiger charge is -2.31. The topological polar surface area (TPSA) is 66.8 Å². The van der Waals surface area contributed by atoms with E-state index in [1.807, 2.05) is 66.7 Å². The quantitative estimate of drug-likeness (QED) is 0.850. The number of fused-ring (bicyclic) bond motifs is 1. The maximum absolute atomic E-state index is 13.4. The standard InChI is InChI=1S/C22H19NO4/c24-20-18-17(21(25)26)16-11-12-22(18,27-16)13-23(20)19(14-7-3-1-4-8-14)15-9-5-2-6-10-15/h1-12,16-19H,13H2,(H,25,26)/t16-,17+,18-,22+/m0/s1. The van der Waals surface area contributed by atoms with E-state index in [9.17, 15) is 14.7 Å². The summed E-state index contributed by atoms with van der Waals surface area (Å²) in [4.78, 5) is 27.0. The van der Waals surface area contributed by atoms with Gasteiger partial charge in [-0.15, -0.1) is 0 Å². The highest BCUT2D eigenvalue weighted by Gasteiger charge is 2.67. The minimum atomic E-state index is -0.970. The Bertz CT molecular complexity index is 886. The SMILES string of the molecule is O=C(O)[C@@H]1[C@@H]2C=C[C@]3(CN(C(c4ccccc4)c4ccccc4)C(=O)[C@H]13)O2. The maximum atomic E-state index is 13.4.